The lowest BCUT2D eigenvalue weighted by Gasteiger charge is -2.33. The molecular formula is C20H17ClN2O. The van der Waals surface area contributed by atoms with Crippen molar-refractivity contribution in [3.05, 3.63) is 63.3 Å². The van der Waals surface area contributed by atoms with E-state index in [9.17, 15) is 5.26 Å². The number of H-pyrrole nitrogens is 1. The highest BCUT2D eigenvalue weighted by molar-refractivity contribution is 6.32. The fourth-order valence-electron chi connectivity index (χ4n) is 3.92. The Morgan fingerprint density at radius 3 is 2.79 bits per heavy atom. The molecule has 0 fully saturated rings. The molecule has 0 bridgehead atoms. The number of hydrogen-bond acceptors (Lipinski definition) is 2. The fourth-order valence-corrected chi connectivity index (χ4v) is 4.19. The van der Waals surface area contributed by atoms with Gasteiger partial charge in [0.15, 0.2) is 0 Å². The van der Waals surface area contributed by atoms with Crippen molar-refractivity contribution in [1.82, 2.24) is 4.98 Å². The van der Waals surface area contributed by atoms with Gasteiger partial charge in [-0.3, -0.25) is 0 Å². The number of fused-ring (bicyclic) bond motifs is 4. The Labute approximate surface area is 145 Å². The molecule has 0 saturated heterocycles. The van der Waals surface area contributed by atoms with E-state index in [1.165, 1.54) is 16.7 Å². The molecule has 4 heteroatoms. The lowest BCUT2D eigenvalue weighted by molar-refractivity contribution is 0.412. The number of halogens is 1. The van der Waals surface area contributed by atoms with Crippen LogP contribution in [0.4, 0.5) is 0 Å². The Hall–Kier alpha value is -2.44. The molecule has 1 aromatic heterocycles. The van der Waals surface area contributed by atoms with Crippen LogP contribution in [0.5, 0.6) is 5.75 Å². The van der Waals surface area contributed by atoms with Crippen LogP contribution in [0, 0.1) is 11.3 Å². The Morgan fingerprint density at radius 1 is 1.29 bits per heavy atom. The monoisotopic (exact) mass is 336 g/mol. The number of nitrogens with one attached hydrogen (secondary N) is 1. The predicted octanol–water partition coefficient (Wildman–Crippen LogP) is 4.93. The number of methoxy groups -OCH3 is 1. The number of rotatable bonds is 1. The van der Waals surface area contributed by atoms with Gasteiger partial charge >= 0.3 is 0 Å². The summed E-state index contributed by atoms with van der Waals surface area (Å²) in [6.07, 6.45) is 0.760. The van der Waals surface area contributed by atoms with Crippen molar-refractivity contribution >= 4 is 22.5 Å². The van der Waals surface area contributed by atoms with E-state index in [0.717, 1.165) is 23.0 Å². The smallest absolute Gasteiger partial charge is 0.137 e. The van der Waals surface area contributed by atoms with E-state index in [2.05, 4.69) is 24.9 Å². The van der Waals surface area contributed by atoms with Gasteiger partial charge in [0.05, 0.1) is 23.8 Å². The van der Waals surface area contributed by atoms with Crippen LogP contribution in [0.1, 0.15) is 41.8 Å². The number of nitriles is 1. The van der Waals surface area contributed by atoms with Crippen molar-refractivity contribution in [2.24, 2.45) is 0 Å². The van der Waals surface area contributed by atoms with Gasteiger partial charge in [-0.25, -0.2) is 0 Å². The zero-order valence-corrected chi connectivity index (χ0v) is 14.6. The molecule has 0 saturated carbocycles. The summed E-state index contributed by atoms with van der Waals surface area (Å²) in [6, 6.07) is 12.2. The van der Waals surface area contributed by atoms with E-state index in [1.54, 1.807) is 7.11 Å². The molecule has 4 rings (SSSR count). The van der Waals surface area contributed by atoms with Gasteiger partial charge in [-0.05, 0) is 41.0 Å². The number of aromatic amines is 1. The van der Waals surface area contributed by atoms with Gasteiger partial charge < -0.3 is 9.72 Å². The molecule has 0 spiro atoms. The fraction of sp³-hybridized carbons (Fsp3) is 0.250. The number of benzene rings is 2. The minimum Gasteiger partial charge on any atom is -0.495 e. The molecule has 1 N–H and O–H groups in total. The highest BCUT2D eigenvalue weighted by Gasteiger charge is 2.36. The maximum atomic E-state index is 9.49. The SMILES string of the molecule is COc1cc2c(cc1Cl)Cc1c([nH]c3cccc(C#N)c13)C2(C)C. The van der Waals surface area contributed by atoms with Crippen LogP contribution in [0.3, 0.4) is 0 Å². The highest BCUT2D eigenvalue weighted by Crippen LogP contribution is 2.46. The maximum absolute atomic E-state index is 9.49. The van der Waals surface area contributed by atoms with Gasteiger partial charge in [-0.15, -0.1) is 0 Å². The quantitative estimate of drug-likeness (QED) is 0.684. The number of hydrogen-bond donors (Lipinski definition) is 1. The van der Waals surface area contributed by atoms with Gasteiger partial charge in [0.2, 0.25) is 0 Å². The summed E-state index contributed by atoms with van der Waals surface area (Å²) in [5, 5.41) is 11.1. The third kappa shape index (κ3) is 1.90. The summed E-state index contributed by atoms with van der Waals surface area (Å²) >= 11 is 6.35. The first-order chi connectivity index (χ1) is 11.5. The Balaban J connectivity index is 2.05. The first-order valence-electron chi connectivity index (χ1n) is 7.88. The van der Waals surface area contributed by atoms with Crippen molar-refractivity contribution < 1.29 is 4.74 Å². The molecule has 120 valence electrons. The molecule has 0 radical (unpaired) electrons. The van der Waals surface area contributed by atoms with Crippen LogP contribution in [0.25, 0.3) is 10.9 Å². The third-order valence-electron chi connectivity index (χ3n) is 5.09. The Morgan fingerprint density at radius 2 is 2.08 bits per heavy atom. The highest BCUT2D eigenvalue weighted by atomic mass is 35.5. The molecule has 1 aliphatic rings. The molecule has 0 amide bonds. The standard InChI is InChI=1S/C20H17ClN2O/c1-20(2)14-9-17(24-3)15(21)8-12(14)7-13-18-11(10-22)5-4-6-16(18)23-19(13)20/h4-6,8-9,23H,7H2,1-3H3. The summed E-state index contributed by atoms with van der Waals surface area (Å²) in [4.78, 5) is 3.55. The van der Waals surface area contributed by atoms with Crippen molar-refractivity contribution in [2.45, 2.75) is 25.7 Å². The minimum absolute atomic E-state index is 0.216. The second kappa shape index (κ2) is 5.03. The summed E-state index contributed by atoms with van der Waals surface area (Å²) < 4.78 is 5.40. The molecule has 24 heavy (non-hydrogen) atoms. The van der Waals surface area contributed by atoms with Crippen molar-refractivity contribution in [1.29, 1.82) is 5.26 Å². The topological polar surface area (TPSA) is 48.8 Å². The second-order valence-corrected chi connectivity index (χ2v) is 7.17. The van der Waals surface area contributed by atoms with E-state index in [0.29, 0.717) is 16.3 Å². The summed E-state index contributed by atoms with van der Waals surface area (Å²) in [7, 11) is 1.64. The summed E-state index contributed by atoms with van der Waals surface area (Å²) in [5.74, 6) is 0.695. The minimum atomic E-state index is -0.216. The van der Waals surface area contributed by atoms with Crippen LogP contribution >= 0.6 is 11.6 Å². The molecule has 1 aliphatic carbocycles. The number of aromatic nitrogens is 1. The molecule has 3 aromatic rings. The summed E-state index contributed by atoms with van der Waals surface area (Å²) in [5.41, 5.74) is 6.26. The van der Waals surface area contributed by atoms with Gasteiger partial charge in [-0.2, -0.15) is 5.26 Å². The van der Waals surface area contributed by atoms with E-state index < -0.39 is 0 Å². The predicted molar refractivity (Wildman–Crippen MR) is 96.0 cm³/mol. The van der Waals surface area contributed by atoms with Crippen molar-refractivity contribution in [3.8, 4) is 11.8 Å². The van der Waals surface area contributed by atoms with Crippen LogP contribution in [0.15, 0.2) is 30.3 Å². The lowest BCUT2D eigenvalue weighted by Crippen LogP contribution is -2.27. The molecule has 1 heterocycles. The molecule has 3 nitrogen and oxygen atoms in total. The zero-order chi connectivity index (χ0) is 17.1. The molecule has 2 aromatic carbocycles. The zero-order valence-electron chi connectivity index (χ0n) is 13.8. The van der Waals surface area contributed by atoms with Gasteiger partial charge in [0, 0.05) is 28.4 Å². The van der Waals surface area contributed by atoms with Gasteiger partial charge in [0.25, 0.3) is 0 Å². The number of ether oxygens (including phenoxy) is 1. The Bertz CT molecular complexity index is 1020. The van der Waals surface area contributed by atoms with Crippen LogP contribution in [0.2, 0.25) is 5.02 Å². The van der Waals surface area contributed by atoms with Crippen LogP contribution in [-0.4, -0.2) is 12.1 Å². The Kier molecular flexibility index (Phi) is 3.16. The van der Waals surface area contributed by atoms with Crippen LogP contribution < -0.4 is 4.74 Å². The van der Waals surface area contributed by atoms with Crippen molar-refractivity contribution in [3.63, 3.8) is 0 Å². The maximum Gasteiger partial charge on any atom is 0.137 e. The normalized spacial score (nSPS) is 14.8. The van der Waals surface area contributed by atoms with E-state index in [1.807, 2.05) is 30.3 Å². The third-order valence-corrected chi connectivity index (χ3v) is 5.39. The average Bonchev–Trinajstić information content (AvgIpc) is 2.94. The summed E-state index contributed by atoms with van der Waals surface area (Å²) in [6.45, 7) is 4.39. The number of nitrogens with zero attached hydrogens (tertiary/aromatic N) is 1. The molecular weight excluding hydrogens is 320 g/mol. The second-order valence-electron chi connectivity index (χ2n) is 6.76. The van der Waals surface area contributed by atoms with Crippen molar-refractivity contribution in [2.75, 3.05) is 7.11 Å². The molecule has 0 atom stereocenters. The van der Waals surface area contributed by atoms with E-state index in [4.69, 9.17) is 16.3 Å². The van der Waals surface area contributed by atoms with E-state index in [-0.39, 0.29) is 5.41 Å². The van der Waals surface area contributed by atoms with E-state index >= 15 is 0 Å². The molecule has 0 aliphatic heterocycles. The largest absolute Gasteiger partial charge is 0.495 e. The first-order valence-corrected chi connectivity index (χ1v) is 8.26. The first kappa shape index (κ1) is 15.1. The van der Waals surface area contributed by atoms with Gasteiger partial charge in [-0.1, -0.05) is 31.5 Å². The molecule has 0 unspecified atom stereocenters. The average molecular weight is 337 g/mol. The van der Waals surface area contributed by atoms with Crippen LogP contribution in [-0.2, 0) is 11.8 Å². The lowest BCUT2D eigenvalue weighted by atomic mass is 9.71. The van der Waals surface area contributed by atoms with Gasteiger partial charge in [0.1, 0.15) is 5.75 Å².